The Morgan fingerprint density at radius 2 is 1.78 bits per heavy atom. The molecule has 2 aromatic rings. The second-order valence-electron chi connectivity index (χ2n) is 4.11. The fourth-order valence-electron chi connectivity index (χ4n) is 1.91. The lowest BCUT2D eigenvalue weighted by atomic mass is 10.1. The van der Waals surface area contributed by atoms with Gasteiger partial charge in [-0.1, -0.05) is 6.92 Å². The molecule has 0 aliphatic heterocycles. The van der Waals surface area contributed by atoms with E-state index < -0.39 is 0 Å². The third-order valence-electron chi connectivity index (χ3n) is 2.95. The van der Waals surface area contributed by atoms with Gasteiger partial charge in [0, 0.05) is 18.1 Å². The van der Waals surface area contributed by atoms with E-state index in [0.717, 1.165) is 17.9 Å². The van der Waals surface area contributed by atoms with Crippen molar-refractivity contribution in [3.63, 3.8) is 0 Å². The highest BCUT2D eigenvalue weighted by molar-refractivity contribution is 5.48. The molecule has 0 fully saturated rings. The van der Waals surface area contributed by atoms with Crippen molar-refractivity contribution in [2.24, 2.45) is 0 Å². The van der Waals surface area contributed by atoms with Crippen LogP contribution in [-0.4, -0.2) is 12.1 Å². The topological polar surface area (TPSA) is 34.1 Å². The van der Waals surface area contributed by atoms with Gasteiger partial charge < -0.3 is 10.1 Å². The number of nitrogens with zero attached hydrogens (tertiary/aromatic N) is 1. The lowest BCUT2D eigenvalue weighted by molar-refractivity contribution is 0.415. The molecule has 1 aromatic carbocycles. The van der Waals surface area contributed by atoms with Gasteiger partial charge in [-0.2, -0.15) is 0 Å². The van der Waals surface area contributed by atoms with Crippen LogP contribution in [0.4, 0.5) is 5.69 Å². The molecular weight excluding hydrogens is 224 g/mol. The van der Waals surface area contributed by atoms with Gasteiger partial charge >= 0.3 is 0 Å². The van der Waals surface area contributed by atoms with Crippen LogP contribution in [-0.2, 0) is 0 Å². The molecule has 0 amide bonds. The van der Waals surface area contributed by atoms with Gasteiger partial charge in [0.1, 0.15) is 5.75 Å². The van der Waals surface area contributed by atoms with Gasteiger partial charge in [0.15, 0.2) is 0 Å². The Balaban J connectivity index is 2.10. The molecule has 18 heavy (non-hydrogen) atoms. The van der Waals surface area contributed by atoms with Gasteiger partial charge in [-0.3, -0.25) is 4.98 Å². The Hall–Kier alpha value is -2.03. The maximum atomic E-state index is 5.15. The maximum Gasteiger partial charge on any atom is 0.119 e. The summed E-state index contributed by atoms with van der Waals surface area (Å²) in [4.78, 5) is 4.05. The molecule has 3 nitrogen and oxygen atoms in total. The summed E-state index contributed by atoms with van der Waals surface area (Å²) < 4.78 is 5.15. The quantitative estimate of drug-likeness (QED) is 0.869. The fourth-order valence-corrected chi connectivity index (χ4v) is 1.91. The summed E-state index contributed by atoms with van der Waals surface area (Å²) >= 11 is 0. The summed E-state index contributed by atoms with van der Waals surface area (Å²) in [6.07, 6.45) is 4.68. The molecule has 0 saturated carbocycles. The van der Waals surface area contributed by atoms with Gasteiger partial charge in [-0.25, -0.2) is 0 Å². The minimum absolute atomic E-state index is 0.307. The van der Waals surface area contributed by atoms with Crippen molar-refractivity contribution in [3.8, 4) is 5.75 Å². The van der Waals surface area contributed by atoms with Gasteiger partial charge in [0.25, 0.3) is 0 Å². The van der Waals surface area contributed by atoms with Gasteiger partial charge in [0.2, 0.25) is 0 Å². The molecule has 0 aliphatic carbocycles. The molecule has 1 heterocycles. The molecule has 1 aromatic heterocycles. The first-order valence-corrected chi connectivity index (χ1v) is 6.14. The Morgan fingerprint density at radius 1 is 1.11 bits per heavy atom. The summed E-state index contributed by atoms with van der Waals surface area (Å²) in [6.45, 7) is 2.17. The number of rotatable bonds is 5. The van der Waals surface area contributed by atoms with E-state index in [-0.39, 0.29) is 0 Å². The molecule has 1 atom stereocenters. The fraction of sp³-hybridized carbons (Fsp3) is 0.267. The Labute approximate surface area is 108 Å². The van der Waals surface area contributed by atoms with Crippen molar-refractivity contribution in [1.82, 2.24) is 4.98 Å². The van der Waals surface area contributed by atoms with Crippen LogP contribution in [0.1, 0.15) is 24.9 Å². The van der Waals surface area contributed by atoms with Gasteiger partial charge in [-0.15, -0.1) is 0 Å². The number of ether oxygens (including phenoxy) is 1. The zero-order valence-electron chi connectivity index (χ0n) is 10.8. The second kappa shape index (κ2) is 6.05. The van der Waals surface area contributed by atoms with Crippen LogP contribution >= 0.6 is 0 Å². The molecule has 0 radical (unpaired) electrons. The lowest BCUT2D eigenvalue weighted by Crippen LogP contribution is -2.09. The van der Waals surface area contributed by atoms with Crippen LogP contribution in [0.25, 0.3) is 0 Å². The smallest absolute Gasteiger partial charge is 0.119 e. The highest BCUT2D eigenvalue weighted by Gasteiger charge is 2.08. The third kappa shape index (κ3) is 3.00. The molecular formula is C15H18N2O. The molecule has 0 saturated heterocycles. The van der Waals surface area contributed by atoms with Crippen LogP contribution in [0.3, 0.4) is 0 Å². The number of nitrogens with one attached hydrogen (secondary N) is 1. The Morgan fingerprint density at radius 3 is 2.33 bits per heavy atom. The number of anilines is 1. The highest BCUT2D eigenvalue weighted by atomic mass is 16.5. The predicted octanol–water partition coefficient (Wildman–Crippen LogP) is 3.65. The van der Waals surface area contributed by atoms with E-state index in [0.29, 0.717) is 6.04 Å². The zero-order valence-corrected chi connectivity index (χ0v) is 10.8. The Bertz CT molecular complexity index is 468. The third-order valence-corrected chi connectivity index (χ3v) is 2.95. The Kier molecular flexibility index (Phi) is 4.18. The van der Waals surface area contributed by atoms with E-state index >= 15 is 0 Å². The number of hydrogen-bond donors (Lipinski definition) is 1. The van der Waals surface area contributed by atoms with Crippen molar-refractivity contribution in [2.45, 2.75) is 19.4 Å². The van der Waals surface area contributed by atoms with Crippen LogP contribution in [0.5, 0.6) is 5.75 Å². The van der Waals surface area contributed by atoms with Crippen LogP contribution in [0.15, 0.2) is 48.8 Å². The largest absolute Gasteiger partial charge is 0.497 e. The summed E-state index contributed by atoms with van der Waals surface area (Å²) in [5.41, 5.74) is 2.35. The highest BCUT2D eigenvalue weighted by Crippen LogP contribution is 2.23. The monoisotopic (exact) mass is 242 g/mol. The van der Waals surface area contributed by atoms with Crippen LogP contribution in [0.2, 0.25) is 0 Å². The molecule has 2 rings (SSSR count). The van der Waals surface area contributed by atoms with E-state index in [1.54, 1.807) is 7.11 Å². The zero-order chi connectivity index (χ0) is 12.8. The summed E-state index contributed by atoms with van der Waals surface area (Å²) in [7, 11) is 1.67. The predicted molar refractivity (Wildman–Crippen MR) is 73.9 cm³/mol. The van der Waals surface area contributed by atoms with Crippen LogP contribution < -0.4 is 10.1 Å². The van der Waals surface area contributed by atoms with Crippen LogP contribution in [0, 0.1) is 0 Å². The molecule has 94 valence electrons. The van der Waals surface area contributed by atoms with E-state index in [9.17, 15) is 0 Å². The minimum Gasteiger partial charge on any atom is -0.497 e. The summed E-state index contributed by atoms with van der Waals surface area (Å²) in [5.74, 6) is 0.873. The average Bonchev–Trinajstić information content (AvgIpc) is 2.46. The van der Waals surface area contributed by atoms with Gasteiger partial charge in [-0.05, 0) is 48.4 Å². The number of benzene rings is 1. The number of pyridine rings is 1. The molecule has 1 unspecified atom stereocenters. The first kappa shape index (κ1) is 12.4. The molecule has 0 aliphatic rings. The average molecular weight is 242 g/mol. The molecule has 1 N–H and O–H groups in total. The normalized spacial score (nSPS) is 11.9. The molecule has 3 heteroatoms. The van der Waals surface area contributed by atoms with Crippen molar-refractivity contribution in [2.75, 3.05) is 12.4 Å². The minimum atomic E-state index is 0.307. The van der Waals surface area contributed by atoms with Crippen molar-refractivity contribution in [1.29, 1.82) is 0 Å². The molecule has 0 bridgehead atoms. The van der Waals surface area contributed by atoms with Crippen molar-refractivity contribution in [3.05, 3.63) is 54.4 Å². The number of methoxy groups -OCH3 is 1. The summed E-state index contributed by atoms with van der Waals surface area (Å²) in [5, 5.41) is 3.51. The van der Waals surface area contributed by atoms with Crippen molar-refractivity contribution >= 4 is 5.69 Å². The first-order chi connectivity index (χ1) is 8.83. The first-order valence-electron chi connectivity index (χ1n) is 6.14. The molecule has 0 spiro atoms. The van der Waals surface area contributed by atoms with E-state index in [1.807, 2.05) is 48.8 Å². The standard InChI is InChI=1S/C15H18N2O/c1-3-15(12-8-10-16-11-9-12)17-13-4-6-14(18-2)7-5-13/h4-11,15,17H,3H2,1-2H3. The van der Waals surface area contributed by atoms with E-state index in [4.69, 9.17) is 4.74 Å². The number of aromatic nitrogens is 1. The van der Waals surface area contributed by atoms with E-state index in [1.165, 1.54) is 5.56 Å². The summed E-state index contributed by atoms with van der Waals surface area (Å²) in [6, 6.07) is 12.4. The SMILES string of the molecule is CCC(Nc1ccc(OC)cc1)c1ccncc1. The van der Waals surface area contributed by atoms with E-state index in [2.05, 4.69) is 17.2 Å². The lowest BCUT2D eigenvalue weighted by Gasteiger charge is -2.18. The number of hydrogen-bond acceptors (Lipinski definition) is 3. The van der Waals surface area contributed by atoms with Crippen molar-refractivity contribution < 1.29 is 4.74 Å². The van der Waals surface area contributed by atoms with Gasteiger partial charge in [0.05, 0.1) is 13.2 Å². The second-order valence-corrected chi connectivity index (χ2v) is 4.11. The maximum absolute atomic E-state index is 5.15.